The Hall–Kier alpha value is -0.850. The maximum absolute atomic E-state index is 12.0. The van der Waals surface area contributed by atoms with Crippen LogP contribution in [-0.4, -0.2) is 5.78 Å². The highest BCUT2D eigenvalue weighted by molar-refractivity contribution is 5.91. The van der Waals surface area contributed by atoms with Crippen LogP contribution in [0.15, 0.2) is 23.8 Å². The van der Waals surface area contributed by atoms with Crippen LogP contribution in [0.1, 0.15) is 60.3 Å². The summed E-state index contributed by atoms with van der Waals surface area (Å²) in [6.45, 7) is 11.0. The van der Waals surface area contributed by atoms with Crippen molar-refractivity contribution < 1.29 is 4.79 Å². The molecule has 0 saturated carbocycles. The van der Waals surface area contributed by atoms with Crippen molar-refractivity contribution in [3.63, 3.8) is 0 Å². The van der Waals surface area contributed by atoms with Crippen LogP contribution in [0.3, 0.4) is 0 Å². The minimum atomic E-state index is 0.169. The van der Waals surface area contributed by atoms with Gasteiger partial charge in [0.2, 0.25) is 0 Å². The summed E-state index contributed by atoms with van der Waals surface area (Å²) in [4.78, 5) is 12.0. The molecule has 0 amide bonds. The highest BCUT2D eigenvalue weighted by atomic mass is 16.1. The lowest BCUT2D eigenvalue weighted by Crippen LogP contribution is -2.26. The van der Waals surface area contributed by atoms with Crippen molar-refractivity contribution in [3.05, 3.63) is 23.8 Å². The van der Waals surface area contributed by atoms with Gasteiger partial charge in [-0.1, -0.05) is 51.8 Å². The van der Waals surface area contributed by atoms with E-state index >= 15 is 0 Å². The average molecular weight is 248 g/mol. The first kappa shape index (κ1) is 15.2. The lowest BCUT2D eigenvalue weighted by molar-refractivity contribution is -0.117. The fraction of sp³-hybridized carbons (Fsp3) is 0.706. The summed E-state index contributed by atoms with van der Waals surface area (Å²) in [6.07, 6.45) is 10.7. The molecular formula is C17H28O. The van der Waals surface area contributed by atoms with Crippen molar-refractivity contribution in [1.29, 1.82) is 0 Å². The number of hydrogen-bond acceptors (Lipinski definition) is 1. The molecule has 0 heterocycles. The van der Waals surface area contributed by atoms with Crippen molar-refractivity contribution in [2.45, 2.75) is 60.3 Å². The summed E-state index contributed by atoms with van der Waals surface area (Å²) in [5.74, 6) is 0.872. The molecule has 2 unspecified atom stereocenters. The van der Waals surface area contributed by atoms with Gasteiger partial charge in [0.1, 0.15) is 0 Å². The third-order valence-electron chi connectivity index (χ3n) is 4.25. The predicted molar refractivity (Wildman–Crippen MR) is 78.5 cm³/mol. The molecule has 1 nitrogen and oxygen atoms in total. The van der Waals surface area contributed by atoms with Gasteiger partial charge >= 0.3 is 0 Å². The van der Waals surface area contributed by atoms with Crippen LogP contribution in [0.2, 0.25) is 0 Å². The summed E-state index contributed by atoms with van der Waals surface area (Å²) >= 11 is 0. The standard InChI is InChI=1S/C17H28O/c1-6-8-14(3)16(18)11-10-15-13(2)9-7-12-17(15,4)5/h9-11,14-15H,6-8,12H2,1-5H3/b11-10+. The second-order valence-electron chi connectivity index (χ2n) is 6.40. The summed E-state index contributed by atoms with van der Waals surface area (Å²) in [5, 5.41) is 0. The minimum absolute atomic E-state index is 0.169. The average Bonchev–Trinajstić information content (AvgIpc) is 2.27. The van der Waals surface area contributed by atoms with Crippen LogP contribution >= 0.6 is 0 Å². The van der Waals surface area contributed by atoms with Crippen LogP contribution in [-0.2, 0) is 4.79 Å². The Morgan fingerprint density at radius 2 is 2.22 bits per heavy atom. The Bertz CT molecular complexity index is 347. The number of hydrogen-bond donors (Lipinski definition) is 0. The zero-order valence-corrected chi connectivity index (χ0v) is 12.6. The molecule has 0 radical (unpaired) electrons. The normalized spacial score (nSPS) is 24.9. The second-order valence-corrected chi connectivity index (χ2v) is 6.40. The zero-order valence-electron chi connectivity index (χ0n) is 12.6. The third kappa shape index (κ3) is 3.83. The first-order chi connectivity index (χ1) is 8.38. The number of allylic oxidation sites excluding steroid dienone is 4. The van der Waals surface area contributed by atoms with Crippen molar-refractivity contribution in [1.82, 2.24) is 0 Å². The molecule has 0 aliphatic heterocycles. The van der Waals surface area contributed by atoms with E-state index < -0.39 is 0 Å². The molecule has 0 N–H and O–H groups in total. The molecule has 1 rings (SSSR count). The van der Waals surface area contributed by atoms with Gasteiger partial charge < -0.3 is 0 Å². The molecule has 0 bridgehead atoms. The fourth-order valence-corrected chi connectivity index (χ4v) is 2.91. The van der Waals surface area contributed by atoms with E-state index in [0.29, 0.717) is 5.92 Å². The van der Waals surface area contributed by atoms with E-state index in [-0.39, 0.29) is 17.1 Å². The van der Waals surface area contributed by atoms with Crippen molar-refractivity contribution in [2.24, 2.45) is 17.3 Å². The Morgan fingerprint density at radius 1 is 1.56 bits per heavy atom. The second kappa shape index (κ2) is 6.36. The molecule has 2 atom stereocenters. The molecule has 102 valence electrons. The maximum atomic E-state index is 12.0. The van der Waals surface area contributed by atoms with Crippen molar-refractivity contribution in [3.8, 4) is 0 Å². The lowest BCUT2D eigenvalue weighted by Gasteiger charge is -2.36. The third-order valence-corrected chi connectivity index (χ3v) is 4.25. The molecule has 0 aromatic carbocycles. The van der Waals surface area contributed by atoms with Crippen LogP contribution in [0, 0.1) is 17.3 Å². The van der Waals surface area contributed by atoms with Gasteiger partial charge in [-0.25, -0.2) is 0 Å². The SMILES string of the molecule is CCCC(C)C(=O)/C=C/C1C(C)=CCCC1(C)C. The number of carbonyl (C=O) groups is 1. The van der Waals surface area contributed by atoms with Gasteiger partial charge in [-0.05, 0) is 37.7 Å². The van der Waals surface area contributed by atoms with Crippen molar-refractivity contribution >= 4 is 5.78 Å². The first-order valence-corrected chi connectivity index (χ1v) is 7.27. The molecule has 0 aromatic rings. The quantitative estimate of drug-likeness (QED) is 0.498. The van der Waals surface area contributed by atoms with Crippen LogP contribution < -0.4 is 0 Å². The van der Waals surface area contributed by atoms with Gasteiger partial charge in [-0.3, -0.25) is 4.79 Å². The van der Waals surface area contributed by atoms with Gasteiger partial charge in [0.25, 0.3) is 0 Å². The summed E-state index contributed by atoms with van der Waals surface area (Å²) < 4.78 is 0. The topological polar surface area (TPSA) is 17.1 Å². The van der Waals surface area contributed by atoms with Crippen LogP contribution in [0.4, 0.5) is 0 Å². The Balaban J connectivity index is 2.73. The van der Waals surface area contributed by atoms with E-state index in [9.17, 15) is 4.79 Å². The highest BCUT2D eigenvalue weighted by Crippen LogP contribution is 2.41. The van der Waals surface area contributed by atoms with E-state index in [2.05, 4.69) is 39.8 Å². The van der Waals surface area contributed by atoms with E-state index in [0.717, 1.165) is 12.8 Å². The Morgan fingerprint density at radius 3 is 2.78 bits per heavy atom. The summed E-state index contributed by atoms with van der Waals surface area (Å²) in [6, 6.07) is 0. The molecule has 0 fully saturated rings. The van der Waals surface area contributed by atoms with Gasteiger partial charge in [0, 0.05) is 11.8 Å². The van der Waals surface area contributed by atoms with Crippen LogP contribution in [0.25, 0.3) is 0 Å². The molecule has 0 aromatic heterocycles. The monoisotopic (exact) mass is 248 g/mol. The van der Waals surface area contributed by atoms with E-state index in [1.807, 2.05) is 13.0 Å². The molecule has 1 heteroatoms. The molecule has 0 spiro atoms. The van der Waals surface area contributed by atoms with Crippen molar-refractivity contribution in [2.75, 3.05) is 0 Å². The van der Waals surface area contributed by atoms with E-state index in [4.69, 9.17) is 0 Å². The van der Waals surface area contributed by atoms with E-state index in [1.54, 1.807) is 0 Å². The number of rotatable bonds is 5. The van der Waals surface area contributed by atoms with Crippen LogP contribution in [0.5, 0.6) is 0 Å². The highest BCUT2D eigenvalue weighted by Gasteiger charge is 2.30. The number of carbonyl (C=O) groups excluding carboxylic acids is 1. The molecule has 18 heavy (non-hydrogen) atoms. The maximum Gasteiger partial charge on any atom is 0.158 e. The van der Waals surface area contributed by atoms with Gasteiger partial charge in [0.05, 0.1) is 0 Å². The first-order valence-electron chi connectivity index (χ1n) is 7.27. The largest absolute Gasteiger partial charge is 0.295 e. The van der Waals surface area contributed by atoms with Gasteiger partial charge in [0.15, 0.2) is 5.78 Å². The Labute approximate surface area is 112 Å². The molecule has 0 saturated heterocycles. The minimum Gasteiger partial charge on any atom is -0.295 e. The number of ketones is 1. The molecule has 1 aliphatic carbocycles. The summed E-state index contributed by atoms with van der Waals surface area (Å²) in [5.41, 5.74) is 1.70. The summed E-state index contributed by atoms with van der Waals surface area (Å²) in [7, 11) is 0. The smallest absolute Gasteiger partial charge is 0.158 e. The van der Waals surface area contributed by atoms with Gasteiger partial charge in [-0.15, -0.1) is 0 Å². The molecule has 1 aliphatic rings. The zero-order chi connectivity index (χ0) is 13.8. The fourth-order valence-electron chi connectivity index (χ4n) is 2.91. The predicted octanol–water partition coefficient (Wildman–Crippen LogP) is 4.93. The van der Waals surface area contributed by atoms with E-state index in [1.165, 1.54) is 18.4 Å². The lowest BCUT2D eigenvalue weighted by atomic mass is 9.68. The van der Waals surface area contributed by atoms with Gasteiger partial charge in [-0.2, -0.15) is 0 Å². The Kier molecular flexibility index (Phi) is 5.37. The molecular weight excluding hydrogens is 220 g/mol.